The minimum absolute atomic E-state index is 0.0270. The number of aliphatic hydroxyl groups is 2. The zero-order chi connectivity index (χ0) is 32.4. The van der Waals surface area contributed by atoms with Gasteiger partial charge in [0.1, 0.15) is 0 Å². The second kappa shape index (κ2) is 11.3. The predicted molar refractivity (Wildman–Crippen MR) is 173 cm³/mol. The Bertz CT molecular complexity index is 1700. The number of carbonyl (C=O) groups excluding carboxylic acids is 3. The molecule has 0 saturated carbocycles. The monoisotopic (exact) mass is 623 g/mol. The van der Waals surface area contributed by atoms with E-state index in [0.29, 0.717) is 25.9 Å². The molecule has 2 saturated heterocycles. The molecule has 3 aromatic rings. The van der Waals surface area contributed by atoms with E-state index in [4.69, 9.17) is 4.74 Å². The number of amides is 3. The van der Waals surface area contributed by atoms with Gasteiger partial charge in [0.15, 0.2) is 5.60 Å². The molecule has 9 nitrogen and oxygen atoms in total. The van der Waals surface area contributed by atoms with Crippen LogP contribution >= 0.6 is 0 Å². The van der Waals surface area contributed by atoms with Crippen LogP contribution in [0.5, 0.6) is 0 Å². The highest BCUT2D eigenvalue weighted by Crippen LogP contribution is 2.58. The van der Waals surface area contributed by atoms with Crippen LogP contribution in [0.2, 0.25) is 0 Å². The number of hydrogen-bond acceptors (Lipinski definition) is 6. The van der Waals surface area contributed by atoms with Crippen LogP contribution in [0.15, 0.2) is 72.8 Å². The molecule has 4 aliphatic rings. The van der Waals surface area contributed by atoms with E-state index in [1.54, 1.807) is 28.5 Å². The summed E-state index contributed by atoms with van der Waals surface area (Å²) in [5.74, 6) is -1.30. The Morgan fingerprint density at radius 3 is 2.46 bits per heavy atom. The minimum Gasteiger partial charge on any atom is -0.394 e. The van der Waals surface area contributed by atoms with E-state index >= 15 is 0 Å². The van der Waals surface area contributed by atoms with Crippen LogP contribution in [0.4, 0.5) is 11.4 Å². The molecule has 5 atom stereocenters. The Labute approximate surface area is 269 Å². The molecule has 2 N–H and O–H groups in total. The van der Waals surface area contributed by atoms with Crippen molar-refractivity contribution in [1.29, 1.82) is 0 Å². The molecule has 4 heterocycles. The van der Waals surface area contributed by atoms with Crippen molar-refractivity contribution < 1.29 is 29.3 Å². The average molecular weight is 624 g/mol. The molecular weight excluding hydrogens is 582 g/mol. The van der Waals surface area contributed by atoms with Crippen LogP contribution in [0.25, 0.3) is 0 Å². The maximum atomic E-state index is 14.7. The lowest BCUT2D eigenvalue weighted by molar-refractivity contribution is -0.151. The standard InChI is InChI=1S/C37H41N3O6/c1-23-34(36(2,3)45)31(19-33(43)39-21-26-11-5-4-10-25(26)18-28(39)22-41)46-37(23)29-13-6-7-14-30(29)40(35(37)44)20-24-9-8-12-27(17-24)38-16-15-32(38)42/h4-14,17,23,28,31,34,41,45H,15-16,18-22H2,1-3H3/t23-,28+,31+,34-,37+/m1/s1. The van der Waals surface area contributed by atoms with Crippen LogP contribution in [0, 0.1) is 11.8 Å². The number of rotatable bonds is 7. The summed E-state index contributed by atoms with van der Waals surface area (Å²) in [4.78, 5) is 46.0. The van der Waals surface area contributed by atoms with Crippen molar-refractivity contribution in [2.24, 2.45) is 11.8 Å². The number of benzene rings is 3. The molecular formula is C37H41N3O6. The van der Waals surface area contributed by atoms with Gasteiger partial charge in [0.2, 0.25) is 11.8 Å². The third-order valence-corrected chi connectivity index (χ3v) is 10.6. The fourth-order valence-corrected chi connectivity index (χ4v) is 8.31. The zero-order valence-electron chi connectivity index (χ0n) is 26.6. The largest absolute Gasteiger partial charge is 0.394 e. The minimum atomic E-state index is -1.39. The van der Waals surface area contributed by atoms with Gasteiger partial charge in [-0.05, 0) is 55.2 Å². The Morgan fingerprint density at radius 2 is 1.76 bits per heavy atom. The molecule has 7 rings (SSSR count). The van der Waals surface area contributed by atoms with E-state index in [-0.39, 0.29) is 43.3 Å². The van der Waals surface area contributed by atoms with E-state index in [2.05, 4.69) is 0 Å². The number of β-lactam (4-membered cyclic amide) rings is 1. The number of carbonyl (C=O) groups is 3. The molecule has 0 bridgehead atoms. The fourth-order valence-electron chi connectivity index (χ4n) is 8.31. The summed E-state index contributed by atoms with van der Waals surface area (Å²) in [6, 6.07) is 22.9. The highest BCUT2D eigenvalue weighted by Gasteiger charge is 2.66. The molecule has 0 radical (unpaired) electrons. The first-order valence-electron chi connectivity index (χ1n) is 16.2. The van der Waals surface area contributed by atoms with Gasteiger partial charge < -0.3 is 29.6 Å². The highest BCUT2D eigenvalue weighted by molar-refractivity contribution is 6.07. The molecule has 3 aromatic carbocycles. The number of ether oxygens (including phenoxy) is 1. The maximum absolute atomic E-state index is 14.7. The van der Waals surface area contributed by atoms with Crippen molar-refractivity contribution in [1.82, 2.24) is 4.90 Å². The topological polar surface area (TPSA) is 111 Å². The number of anilines is 2. The van der Waals surface area contributed by atoms with Gasteiger partial charge in [-0.15, -0.1) is 0 Å². The first-order valence-corrected chi connectivity index (χ1v) is 16.2. The van der Waals surface area contributed by atoms with Crippen molar-refractivity contribution >= 4 is 29.1 Å². The van der Waals surface area contributed by atoms with Crippen LogP contribution in [0.1, 0.15) is 55.9 Å². The summed E-state index contributed by atoms with van der Waals surface area (Å²) in [7, 11) is 0. The Hall–Kier alpha value is -4.05. The van der Waals surface area contributed by atoms with Gasteiger partial charge >= 0.3 is 0 Å². The molecule has 4 aliphatic heterocycles. The summed E-state index contributed by atoms with van der Waals surface area (Å²) in [5.41, 5.74) is 2.70. The normalized spacial score (nSPS) is 27.2. The number of nitrogens with zero attached hydrogens (tertiary/aromatic N) is 3. The van der Waals surface area contributed by atoms with Gasteiger partial charge in [-0.1, -0.05) is 61.5 Å². The van der Waals surface area contributed by atoms with Gasteiger partial charge in [-0.25, -0.2) is 0 Å². The molecule has 3 amide bonds. The molecule has 1 spiro atoms. The highest BCUT2D eigenvalue weighted by atomic mass is 16.5. The van der Waals surface area contributed by atoms with Crippen LogP contribution in [-0.4, -0.2) is 63.7 Å². The van der Waals surface area contributed by atoms with Gasteiger partial charge in [0.05, 0.1) is 43.0 Å². The van der Waals surface area contributed by atoms with E-state index in [1.165, 1.54) is 0 Å². The number of fused-ring (bicyclic) bond motifs is 3. The lowest BCUT2D eigenvalue weighted by Gasteiger charge is -2.38. The molecule has 0 aliphatic carbocycles. The number of hydrogen-bond donors (Lipinski definition) is 2. The summed E-state index contributed by atoms with van der Waals surface area (Å²) in [6.07, 6.45) is 0.336. The second-order valence-corrected chi connectivity index (χ2v) is 13.8. The zero-order valence-corrected chi connectivity index (χ0v) is 26.6. The quantitative estimate of drug-likeness (QED) is 0.386. The summed E-state index contributed by atoms with van der Waals surface area (Å²) < 4.78 is 6.86. The van der Waals surface area contributed by atoms with Crippen molar-refractivity contribution in [2.75, 3.05) is 23.0 Å². The third-order valence-electron chi connectivity index (χ3n) is 10.6. The van der Waals surface area contributed by atoms with Crippen molar-refractivity contribution in [2.45, 2.75) is 76.5 Å². The number of aliphatic hydroxyl groups excluding tert-OH is 1. The molecule has 9 heteroatoms. The van der Waals surface area contributed by atoms with Crippen LogP contribution in [0.3, 0.4) is 0 Å². The second-order valence-electron chi connectivity index (χ2n) is 13.8. The van der Waals surface area contributed by atoms with E-state index in [1.807, 2.05) is 79.7 Å². The van der Waals surface area contributed by atoms with Gasteiger partial charge in [0, 0.05) is 42.6 Å². The average Bonchev–Trinajstić information content (AvgIpc) is 3.46. The first-order chi connectivity index (χ1) is 22.0. The summed E-state index contributed by atoms with van der Waals surface area (Å²) in [6.45, 7) is 6.57. The lowest BCUT2D eigenvalue weighted by atomic mass is 9.70. The Balaban J connectivity index is 1.20. The molecule has 2 fully saturated rings. The van der Waals surface area contributed by atoms with Crippen molar-refractivity contribution in [3.63, 3.8) is 0 Å². The van der Waals surface area contributed by atoms with Crippen LogP contribution in [-0.2, 0) is 44.2 Å². The van der Waals surface area contributed by atoms with Crippen molar-refractivity contribution in [3.05, 3.63) is 95.1 Å². The van der Waals surface area contributed by atoms with Gasteiger partial charge in [-0.3, -0.25) is 14.4 Å². The number of para-hydroxylation sites is 1. The maximum Gasteiger partial charge on any atom is 0.264 e. The third kappa shape index (κ3) is 4.84. The molecule has 0 unspecified atom stereocenters. The van der Waals surface area contributed by atoms with Gasteiger partial charge in [-0.2, -0.15) is 0 Å². The summed E-state index contributed by atoms with van der Waals surface area (Å²) in [5, 5.41) is 21.7. The smallest absolute Gasteiger partial charge is 0.264 e. The fraction of sp³-hybridized carbons (Fsp3) is 0.432. The Morgan fingerprint density at radius 1 is 1.02 bits per heavy atom. The molecule has 0 aromatic heterocycles. The van der Waals surface area contributed by atoms with Gasteiger partial charge in [0.25, 0.3) is 5.91 Å². The van der Waals surface area contributed by atoms with E-state index in [0.717, 1.165) is 33.6 Å². The summed E-state index contributed by atoms with van der Waals surface area (Å²) >= 11 is 0. The van der Waals surface area contributed by atoms with E-state index in [9.17, 15) is 24.6 Å². The van der Waals surface area contributed by atoms with Crippen molar-refractivity contribution in [3.8, 4) is 0 Å². The molecule has 240 valence electrons. The SMILES string of the molecule is C[C@@H]1[C@@H](C(C)(C)O)[C@H](CC(=O)N2Cc3ccccc3C[C@H]2CO)O[C@@]12C(=O)N(Cc1cccc(N3CCC3=O)c1)c1ccccc12. The lowest BCUT2D eigenvalue weighted by Crippen LogP contribution is -2.48. The Kier molecular flexibility index (Phi) is 7.54. The first kappa shape index (κ1) is 30.6. The molecule has 46 heavy (non-hydrogen) atoms. The predicted octanol–water partition coefficient (Wildman–Crippen LogP) is 3.92. The van der Waals surface area contributed by atoms with E-state index < -0.39 is 29.1 Å². The van der Waals surface area contributed by atoms with Crippen LogP contribution < -0.4 is 9.80 Å².